The first kappa shape index (κ1) is 12.8. The molecule has 0 unspecified atom stereocenters. The average Bonchev–Trinajstić information content (AvgIpc) is 2.51. The van der Waals surface area contributed by atoms with Gasteiger partial charge >= 0.3 is 0 Å². The molecule has 0 bridgehead atoms. The predicted octanol–water partition coefficient (Wildman–Crippen LogP) is 4.23. The molecular formula is C18H18O2. The fourth-order valence-electron chi connectivity index (χ4n) is 2.35. The molecule has 0 radical (unpaired) electrons. The van der Waals surface area contributed by atoms with Gasteiger partial charge in [-0.05, 0) is 43.2 Å². The fraction of sp³-hybridized carbons (Fsp3) is 0.222. The zero-order chi connectivity index (χ0) is 13.6. The molecule has 2 heteroatoms. The van der Waals surface area contributed by atoms with E-state index in [2.05, 4.69) is 12.2 Å². The number of ether oxygens (including phenoxy) is 2. The van der Waals surface area contributed by atoms with Crippen LogP contribution in [0.25, 0.3) is 0 Å². The summed E-state index contributed by atoms with van der Waals surface area (Å²) in [5.74, 6) is 1.78. The van der Waals surface area contributed by atoms with Gasteiger partial charge in [-0.15, -0.1) is 0 Å². The normalized spacial score (nSPS) is 21.4. The van der Waals surface area contributed by atoms with E-state index >= 15 is 0 Å². The van der Waals surface area contributed by atoms with E-state index in [0.717, 1.165) is 24.3 Å². The van der Waals surface area contributed by atoms with Crippen molar-refractivity contribution in [2.24, 2.45) is 0 Å². The monoisotopic (exact) mass is 266 g/mol. The Morgan fingerprint density at radius 1 is 0.750 bits per heavy atom. The standard InChI is InChI=1S/C18H18O2/c1-3-9-15(10-4-1)19-17-13-7-8-14-18(17)20-16-11-5-2-6-12-16/h1-7,9-13,17-18H,8,14H2/t17-,18-/m0/s1. The quantitative estimate of drug-likeness (QED) is 0.771. The van der Waals surface area contributed by atoms with Crippen molar-refractivity contribution in [3.05, 3.63) is 72.8 Å². The minimum atomic E-state index is -0.0358. The van der Waals surface area contributed by atoms with E-state index in [4.69, 9.17) is 9.47 Å². The SMILES string of the molecule is C1=C[C@H](Oc2ccccc2)[C@@H](Oc2ccccc2)CC1. The van der Waals surface area contributed by atoms with Crippen molar-refractivity contribution in [2.45, 2.75) is 25.0 Å². The van der Waals surface area contributed by atoms with Gasteiger partial charge in [0.05, 0.1) is 0 Å². The number of para-hydroxylation sites is 2. The predicted molar refractivity (Wildman–Crippen MR) is 80.1 cm³/mol. The van der Waals surface area contributed by atoms with Gasteiger partial charge in [-0.2, -0.15) is 0 Å². The number of benzene rings is 2. The Labute approximate surface area is 119 Å². The maximum Gasteiger partial charge on any atom is 0.154 e. The van der Waals surface area contributed by atoms with Crippen LogP contribution in [-0.4, -0.2) is 12.2 Å². The number of hydrogen-bond donors (Lipinski definition) is 0. The first-order chi connectivity index (χ1) is 9.92. The van der Waals surface area contributed by atoms with E-state index in [1.165, 1.54) is 0 Å². The summed E-state index contributed by atoms with van der Waals surface area (Å²) in [6.07, 6.45) is 6.30. The Hall–Kier alpha value is -2.22. The summed E-state index contributed by atoms with van der Waals surface area (Å²) >= 11 is 0. The third kappa shape index (κ3) is 3.21. The highest BCUT2D eigenvalue weighted by molar-refractivity contribution is 5.24. The Bertz CT molecular complexity index is 548. The van der Waals surface area contributed by atoms with Crippen molar-refractivity contribution in [1.82, 2.24) is 0 Å². The lowest BCUT2D eigenvalue weighted by Gasteiger charge is -2.28. The van der Waals surface area contributed by atoms with Crippen LogP contribution in [0.15, 0.2) is 72.8 Å². The molecule has 0 amide bonds. The molecule has 0 saturated carbocycles. The fourth-order valence-corrected chi connectivity index (χ4v) is 2.35. The molecule has 0 aliphatic heterocycles. The first-order valence-electron chi connectivity index (χ1n) is 7.02. The number of allylic oxidation sites excluding steroid dienone is 1. The lowest BCUT2D eigenvalue weighted by atomic mass is 10.0. The summed E-state index contributed by atoms with van der Waals surface area (Å²) in [6.45, 7) is 0. The Kier molecular flexibility index (Phi) is 4.02. The molecule has 102 valence electrons. The molecule has 0 saturated heterocycles. The first-order valence-corrected chi connectivity index (χ1v) is 7.02. The van der Waals surface area contributed by atoms with E-state index in [1.807, 2.05) is 60.7 Å². The molecule has 2 atom stereocenters. The minimum Gasteiger partial charge on any atom is -0.486 e. The average molecular weight is 266 g/mol. The van der Waals surface area contributed by atoms with Gasteiger partial charge in [0.15, 0.2) is 6.10 Å². The Balaban J connectivity index is 1.71. The lowest BCUT2D eigenvalue weighted by Crippen LogP contribution is -2.36. The number of rotatable bonds is 4. The van der Waals surface area contributed by atoms with Crippen LogP contribution in [0.5, 0.6) is 11.5 Å². The highest BCUT2D eigenvalue weighted by atomic mass is 16.5. The third-order valence-electron chi connectivity index (χ3n) is 3.36. The van der Waals surface area contributed by atoms with Crippen molar-refractivity contribution in [2.75, 3.05) is 0 Å². The van der Waals surface area contributed by atoms with Gasteiger partial charge in [-0.1, -0.05) is 42.5 Å². The van der Waals surface area contributed by atoms with Gasteiger partial charge in [0, 0.05) is 0 Å². The molecule has 1 aliphatic rings. The summed E-state index contributed by atoms with van der Waals surface area (Å²) in [5, 5.41) is 0. The van der Waals surface area contributed by atoms with Gasteiger partial charge in [0.2, 0.25) is 0 Å². The maximum atomic E-state index is 6.06. The van der Waals surface area contributed by atoms with Crippen LogP contribution < -0.4 is 9.47 Å². The molecule has 2 aromatic rings. The van der Waals surface area contributed by atoms with E-state index in [9.17, 15) is 0 Å². The van der Waals surface area contributed by atoms with Gasteiger partial charge < -0.3 is 9.47 Å². The van der Waals surface area contributed by atoms with E-state index in [1.54, 1.807) is 0 Å². The van der Waals surface area contributed by atoms with E-state index in [0.29, 0.717) is 0 Å². The zero-order valence-electron chi connectivity index (χ0n) is 11.3. The highest BCUT2D eigenvalue weighted by Gasteiger charge is 2.25. The molecule has 2 aromatic carbocycles. The second-order valence-electron chi connectivity index (χ2n) is 4.87. The van der Waals surface area contributed by atoms with Gasteiger partial charge in [-0.25, -0.2) is 0 Å². The van der Waals surface area contributed by atoms with Crippen molar-refractivity contribution < 1.29 is 9.47 Å². The van der Waals surface area contributed by atoms with Crippen LogP contribution in [0, 0.1) is 0 Å². The minimum absolute atomic E-state index is 0.0358. The molecule has 3 rings (SSSR count). The van der Waals surface area contributed by atoms with Crippen LogP contribution >= 0.6 is 0 Å². The molecule has 20 heavy (non-hydrogen) atoms. The highest BCUT2D eigenvalue weighted by Crippen LogP contribution is 2.23. The Morgan fingerprint density at radius 3 is 2.00 bits per heavy atom. The summed E-state index contributed by atoms with van der Waals surface area (Å²) in [6, 6.07) is 19.8. The van der Waals surface area contributed by atoms with Gasteiger partial charge in [0.1, 0.15) is 17.6 Å². The van der Waals surface area contributed by atoms with Crippen LogP contribution in [0.1, 0.15) is 12.8 Å². The van der Waals surface area contributed by atoms with Crippen molar-refractivity contribution in [3.8, 4) is 11.5 Å². The van der Waals surface area contributed by atoms with Crippen LogP contribution in [-0.2, 0) is 0 Å². The van der Waals surface area contributed by atoms with Gasteiger partial charge in [0.25, 0.3) is 0 Å². The Morgan fingerprint density at radius 2 is 1.35 bits per heavy atom. The molecule has 0 spiro atoms. The van der Waals surface area contributed by atoms with Crippen molar-refractivity contribution >= 4 is 0 Å². The molecule has 0 heterocycles. The summed E-state index contributed by atoms with van der Waals surface area (Å²) in [5.41, 5.74) is 0. The van der Waals surface area contributed by atoms with Crippen LogP contribution in [0.3, 0.4) is 0 Å². The molecule has 1 aliphatic carbocycles. The molecule has 0 fully saturated rings. The summed E-state index contributed by atoms with van der Waals surface area (Å²) in [4.78, 5) is 0. The largest absolute Gasteiger partial charge is 0.486 e. The molecule has 0 N–H and O–H groups in total. The molecule has 2 nitrogen and oxygen atoms in total. The van der Waals surface area contributed by atoms with Crippen molar-refractivity contribution in [1.29, 1.82) is 0 Å². The topological polar surface area (TPSA) is 18.5 Å². The summed E-state index contributed by atoms with van der Waals surface area (Å²) < 4.78 is 12.1. The van der Waals surface area contributed by atoms with Gasteiger partial charge in [-0.3, -0.25) is 0 Å². The second-order valence-corrected chi connectivity index (χ2v) is 4.87. The second kappa shape index (κ2) is 6.29. The third-order valence-corrected chi connectivity index (χ3v) is 3.36. The van der Waals surface area contributed by atoms with E-state index < -0.39 is 0 Å². The molecular weight excluding hydrogens is 248 g/mol. The lowest BCUT2D eigenvalue weighted by molar-refractivity contribution is 0.0722. The van der Waals surface area contributed by atoms with Crippen molar-refractivity contribution in [3.63, 3.8) is 0 Å². The smallest absolute Gasteiger partial charge is 0.154 e. The summed E-state index contributed by atoms with van der Waals surface area (Å²) in [7, 11) is 0. The zero-order valence-corrected chi connectivity index (χ0v) is 11.3. The maximum absolute atomic E-state index is 6.06. The van der Waals surface area contributed by atoms with Crippen LogP contribution in [0.4, 0.5) is 0 Å². The molecule has 0 aromatic heterocycles. The van der Waals surface area contributed by atoms with Crippen LogP contribution in [0.2, 0.25) is 0 Å². The van der Waals surface area contributed by atoms with E-state index in [-0.39, 0.29) is 12.2 Å². The number of hydrogen-bond acceptors (Lipinski definition) is 2.